The van der Waals surface area contributed by atoms with Gasteiger partial charge in [-0.2, -0.15) is 0 Å². The number of anilines is 2. The molecule has 0 amide bonds. The van der Waals surface area contributed by atoms with Gasteiger partial charge in [-0.25, -0.2) is 14.4 Å². The van der Waals surface area contributed by atoms with Crippen LogP contribution < -0.4 is 14.8 Å². The third-order valence-electron chi connectivity index (χ3n) is 7.59. The van der Waals surface area contributed by atoms with Crippen LogP contribution in [0.1, 0.15) is 18.4 Å². The molecule has 1 unspecified atom stereocenters. The number of nitrogens with zero attached hydrogens (tertiary/aromatic N) is 5. The van der Waals surface area contributed by atoms with E-state index >= 15 is 0 Å². The summed E-state index contributed by atoms with van der Waals surface area (Å²) in [6.45, 7) is 7.64. The van der Waals surface area contributed by atoms with Crippen LogP contribution in [0.2, 0.25) is 0 Å². The van der Waals surface area contributed by atoms with Gasteiger partial charge in [0.25, 0.3) is 0 Å². The van der Waals surface area contributed by atoms with Gasteiger partial charge in [0.15, 0.2) is 0 Å². The van der Waals surface area contributed by atoms with Crippen molar-refractivity contribution in [2.24, 2.45) is 0 Å². The van der Waals surface area contributed by atoms with E-state index in [1.54, 1.807) is 26.2 Å². The number of aliphatic hydroxyl groups is 1. The number of hydrogen-bond acceptors (Lipinski definition) is 9. The second-order valence-corrected chi connectivity index (χ2v) is 10.3. The summed E-state index contributed by atoms with van der Waals surface area (Å²) in [7, 11) is 3.75. The number of halogens is 1. The van der Waals surface area contributed by atoms with Gasteiger partial charge in [-0.15, -0.1) is 0 Å². The fraction of sp³-hybridized carbons (Fsp3) is 0.500. The van der Waals surface area contributed by atoms with Crippen molar-refractivity contribution in [3.05, 3.63) is 48.0 Å². The molecule has 0 radical (unpaired) electrons. The molecule has 1 aromatic heterocycles. The summed E-state index contributed by atoms with van der Waals surface area (Å²) >= 11 is 0. The molecule has 2 atom stereocenters. The molecule has 3 heterocycles. The molecule has 2 fully saturated rings. The number of methoxy groups -OCH3 is 1. The van der Waals surface area contributed by atoms with Crippen molar-refractivity contribution >= 4 is 22.4 Å². The highest BCUT2D eigenvalue weighted by atomic mass is 19.1. The Labute approximate surface area is 223 Å². The van der Waals surface area contributed by atoms with Crippen LogP contribution in [0.5, 0.6) is 11.5 Å². The smallest absolute Gasteiger partial charge is 0.145 e. The fourth-order valence-electron chi connectivity index (χ4n) is 5.30. The van der Waals surface area contributed by atoms with Crippen molar-refractivity contribution in [1.29, 1.82) is 0 Å². The maximum absolute atomic E-state index is 13.8. The number of rotatable bonds is 9. The van der Waals surface area contributed by atoms with Crippen LogP contribution >= 0.6 is 0 Å². The summed E-state index contributed by atoms with van der Waals surface area (Å²) in [5.41, 5.74) is 1.94. The number of aromatic nitrogens is 2. The van der Waals surface area contributed by atoms with Crippen LogP contribution in [0, 0.1) is 12.7 Å². The zero-order valence-corrected chi connectivity index (χ0v) is 22.4. The number of likely N-dealkylation sites (tertiary alicyclic amines) is 1. The predicted molar refractivity (Wildman–Crippen MR) is 146 cm³/mol. The number of likely N-dealkylation sites (N-methyl/N-ethyl adjacent to an activating group) is 1. The second-order valence-electron chi connectivity index (χ2n) is 10.3. The lowest BCUT2D eigenvalue weighted by atomic mass is 10.1. The zero-order chi connectivity index (χ0) is 26.6. The number of aliphatic hydroxyl groups excluding tert-OH is 1. The first-order valence-electron chi connectivity index (χ1n) is 13.2. The highest BCUT2D eigenvalue weighted by Gasteiger charge is 2.32. The Kier molecular flexibility index (Phi) is 8.23. The number of ether oxygens (including phenoxy) is 2. The van der Waals surface area contributed by atoms with Crippen molar-refractivity contribution in [1.82, 2.24) is 24.7 Å². The Hall–Kier alpha value is -3.05. The SMILES string of the molecule is COc1cc(OC[C@H]2CCCN2C(O)CN2CCN(C)CC2)c2c(Nc3ccc(F)c(C)c3)ncnc2c1. The molecule has 0 spiro atoms. The van der Waals surface area contributed by atoms with Crippen LogP contribution in [0.3, 0.4) is 0 Å². The Morgan fingerprint density at radius 1 is 1.13 bits per heavy atom. The van der Waals surface area contributed by atoms with Crippen LogP contribution in [0.25, 0.3) is 10.9 Å². The molecular formula is C28H37FN6O3. The molecule has 2 aliphatic rings. The van der Waals surface area contributed by atoms with E-state index in [2.05, 4.69) is 37.0 Å². The third-order valence-corrected chi connectivity index (χ3v) is 7.59. The lowest BCUT2D eigenvalue weighted by Gasteiger charge is -2.37. The maximum atomic E-state index is 13.8. The van der Waals surface area contributed by atoms with Gasteiger partial charge in [-0.1, -0.05) is 0 Å². The minimum absolute atomic E-state index is 0.0968. The average Bonchev–Trinajstić information content (AvgIpc) is 3.39. The molecule has 38 heavy (non-hydrogen) atoms. The van der Waals surface area contributed by atoms with E-state index in [4.69, 9.17) is 9.47 Å². The minimum Gasteiger partial charge on any atom is -0.497 e. The number of benzene rings is 2. The van der Waals surface area contributed by atoms with E-state index in [0.717, 1.165) is 56.6 Å². The normalized spacial score (nSPS) is 20.1. The van der Waals surface area contributed by atoms with Gasteiger partial charge in [-0.3, -0.25) is 9.80 Å². The maximum Gasteiger partial charge on any atom is 0.145 e. The van der Waals surface area contributed by atoms with E-state index in [0.29, 0.717) is 41.5 Å². The number of β-amino-alcohol motifs (C(OH)–C–C–N with tert-alkyl or cyclic N) is 1. The first-order valence-corrected chi connectivity index (χ1v) is 13.2. The lowest BCUT2D eigenvalue weighted by molar-refractivity contribution is -0.0419. The third kappa shape index (κ3) is 5.99. The van der Waals surface area contributed by atoms with Crippen molar-refractivity contribution in [2.75, 3.05) is 65.3 Å². The van der Waals surface area contributed by atoms with Crippen molar-refractivity contribution in [3.8, 4) is 11.5 Å². The predicted octanol–water partition coefficient (Wildman–Crippen LogP) is 3.24. The molecule has 204 valence electrons. The molecule has 0 saturated carbocycles. The van der Waals surface area contributed by atoms with E-state index < -0.39 is 6.23 Å². The second kappa shape index (κ2) is 11.8. The average molecular weight is 525 g/mol. The monoisotopic (exact) mass is 524 g/mol. The topological polar surface area (TPSA) is 86.2 Å². The molecule has 2 N–H and O–H groups in total. The Morgan fingerprint density at radius 3 is 2.71 bits per heavy atom. The number of fused-ring (bicyclic) bond motifs is 1. The van der Waals surface area contributed by atoms with Gasteiger partial charge in [0.05, 0.1) is 18.0 Å². The largest absolute Gasteiger partial charge is 0.497 e. The summed E-state index contributed by atoms with van der Waals surface area (Å²) in [4.78, 5) is 15.7. The van der Waals surface area contributed by atoms with E-state index in [1.807, 2.05) is 12.1 Å². The number of aryl methyl sites for hydroxylation is 1. The molecule has 0 aliphatic carbocycles. The van der Waals surface area contributed by atoms with E-state index in [9.17, 15) is 9.50 Å². The van der Waals surface area contributed by atoms with Crippen molar-refractivity contribution in [3.63, 3.8) is 0 Å². The number of piperazine rings is 1. The van der Waals surface area contributed by atoms with E-state index in [1.165, 1.54) is 12.4 Å². The molecule has 9 nitrogen and oxygen atoms in total. The minimum atomic E-state index is -0.529. The first-order chi connectivity index (χ1) is 18.4. The molecule has 5 rings (SSSR count). The molecule has 2 aliphatic heterocycles. The highest BCUT2D eigenvalue weighted by molar-refractivity contribution is 5.96. The first kappa shape index (κ1) is 26.6. The van der Waals surface area contributed by atoms with Crippen LogP contribution in [0.15, 0.2) is 36.7 Å². The molecular weight excluding hydrogens is 487 g/mol. The van der Waals surface area contributed by atoms with Crippen LogP contribution in [-0.2, 0) is 0 Å². The molecule has 10 heteroatoms. The Balaban J connectivity index is 1.34. The summed E-state index contributed by atoms with van der Waals surface area (Å²) in [5.74, 6) is 1.54. The van der Waals surface area contributed by atoms with Crippen LogP contribution in [-0.4, -0.2) is 102 Å². The van der Waals surface area contributed by atoms with Crippen molar-refractivity contribution < 1.29 is 19.0 Å². The van der Waals surface area contributed by atoms with Gasteiger partial charge in [0, 0.05) is 63.1 Å². The lowest BCUT2D eigenvalue weighted by Crippen LogP contribution is -2.52. The quantitative estimate of drug-likeness (QED) is 0.438. The number of nitrogens with one attached hydrogen (secondary N) is 1. The van der Waals surface area contributed by atoms with Gasteiger partial charge >= 0.3 is 0 Å². The zero-order valence-electron chi connectivity index (χ0n) is 22.4. The summed E-state index contributed by atoms with van der Waals surface area (Å²) in [5, 5.41) is 15.1. The van der Waals surface area contributed by atoms with Gasteiger partial charge < -0.3 is 24.8 Å². The number of hydrogen-bond donors (Lipinski definition) is 2. The van der Waals surface area contributed by atoms with Gasteiger partial charge in [0.1, 0.15) is 42.3 Å². The Morgan fingerprint density at radius 2 is 1.95 bits per heavy atom. The summed E-state index contributed by atoms with van der Waals surface area (Å²) in [6.07, 6.45) is 2.93. The Bertz CT molecular complexity index is 1250. The van der Waals surface area contributed by atoms with Gasteiger partial charge in [-0.05, 0) is 50.6 Å². The highest BCUT2D eigenvalue weighted by Crippen LogP contribution is 2.36. The summed E-state index contributed by atoms with van der Waals surface area (Å²) < 4.78 is 25.7. The standard InChI is InChI=1S/C28H37FN6O3/c1-19-13-20(6-7-23(19)29)32-28-27-24(30-18-31-28)14-22(37-3)15-25(27)38-17-21-5-4-8-35(21)26(36)16-34-11-9-33(2)10-12-34/h6-7,13-15,18,21,26,36H,4-5,8-12,16-17H2,1-3H3,(H,30,31,32)/t21-,26?/m1/s1. The molecule has 3 aromatic rings. The molecule has 0 bridgehead atoms. The van der Waals surface area contributed by atoms with Crippen molar-refractivity contribution in [2.45, 2.75) is 32.0 Å². The van der Waals surface area contributed by atoms with Crippen LogP contribution in [0.4, 0.5) is 15.9 Å². The summed E-state index contributed by atoms with van der Waals surface area (Å²) in [6, 6.07) is 8.63. The fourth-order valence-corrected chi connectivity index (χ4v) is 5.30. The van der Waals surface area contributed by atoms with Gasteiger partial charge in [0.2, 0.25) is 0 Å². The van der Waals surface area contributed by atoms with E-state index in [-0.39, 0.29) is 11.9 Å². The molecule has 2 saturated heterocycles. The molecule has 2 aromatic carbocycles.